The number of benzene rings is 2. The molecule has 0 radical (unpaired) electrons. The number of piperidine rings is 1. The molecule has 2 fully saturated rings. The molecule has 0 aliphatic carbocycles. The normalized spacial score (nSPS) is 31.0. The zero-order valence-corrected chi connectivity index (χ0v) is 15.4. The topological polar surface area (TPSA) is 62.2 Å². The van der Waals surface area contributed by atoms with Crippen LogP contribution in [0.15, 0.2) is 60.7 Å². The van der Waals surface area contributed by atoms with Crippen LogP contribution in [0.5, 0.6) is 0 Å². The number of ether oxygens (including phenoxy) is 2. The Hall–Kier alpha value is -1.76. The number of nitrogens with zero attached hydrogens (tertiary/aromatic N) is 1. The molecule has 5 heteroatoms. The minimum Gasteiger partial charge on any atom is -0.390 e. The lowest BCUT2D eigenvalue weighted by Gasteiger charge is -2.39. The van der Waals surface area contributed by atoms with Crippen LogP contribution < -0.4 is 0 Å². The first-order valence-corrected chi connectivity index (χ1v) is 9.63. The molecule has 2 aliphatic rings. The SMILES string of the molecule is O[C@@H]1[C@@H]2[C@H](OCc3ccccc3)[C@@H](OCc3ccccc3)CN2CC[C@@H]1O. The first kappa shape index (κ1) is 18.6. The second kappa shape index (κ2) is 8.50. The van der Waals surface area contributed by atoms with Gasteiger partial charge in [0, 0.05) is 13.1 Å². The van der Waals surface area contributed by atoms with Crippen LogP contribution in [0, 0.1) is 0 Å². The highest BCUT2D eigenvalue weighted by molar-refractivity contribution is 5.15. The van der Waals surface area contributed by atoms with Gasteiger partial charge in [-0.25, -0.2) is 0 Å². The van der Waals surface area contributed by atoms with Gasteiger partial charge in [-0.05, 0) is 17.5 Å². The molecule has 2 N–H and O–H groups in total. The van der Waals surface area contributed by atoms with Gasteiger partial charge in [-0.2, -0.15) is 0 Å². The van der Waals surface area contributed by atoms with Crippen LogP contribution in [-0.2, 0) is 22.7 Å². The molecule has 2 aromatic carbocycles. The van der Waals surface area contributed by atoms with Crippen LogP contribution in [0.4, 0.5) is 0 Å². The summed E-state index contributed by atoms with van der Waals surface area (Å²) in [7, 11) is 0. The molecule has 5 nitrogen and oxygen atoms in total. The summed E-state index contributed by atoms with van der Waals surface area (Å²) in [4.78, 5) is 2.20. The predicted molar refractivity (Wildman–Crippen MR) is 102 cm³/mol. The molecule has 2 saturated heterocycles. The molecule has 27 heavy (non-hydrogen) atoms. The Balaban J connectivity index is 1.47. The van der Waals surface area contributed by atoms with E-state index in [1.165, 1.54) is 0 Å². The monoisotopic (exact) mass is 369 g/mol. The Morgan fingerprint density at radius 1 is 0.852 bits per heavy atom. The average molecular weight is 369 g/mol. The van der Waals surface area contributed by atoms with Crippen molar-refractivity contribution < 1.29 is 19.7 Å². The lowest BCUT2D eigenvalue weighted by Crippen LogP contribution is -2.55. The third-order valence-corrected chi connectivity index (χ3v) is 5.59. The van der Waals surface area contributed by atoms with Crippen molar-refractivity contribution in [1.82, 2.24) is 4.90 Å². The predicted octanol–water partition coefficient (Wildman–Crippen LogP) is 1.97. The molecule has 5 atom stereocenters. The molecule has 0 saturated carbocycles. The molecular formula is C22H27NO4. The minimum atomic E-state index is -0.815. The second-order valence-electron chi connectivity index (χ2n) is 7.43. The fourth-order valence-corrected chi connectivity index (χ4v) is 4.13. The maximum Gasteiger partial charge on any atom is 0.103 e. The Bertz CT molecular complexity index is 711. The Morgan fingerprint density at radius 3 is 2.07 bits per heavy atom. The highest BCUT2D eigenvalue weighted by atomic mass is 16.5. The average Bonchev–Trinajstić information content (AvgIpc) is 3.07. The molecule has 144 valence electrons. The van der Waals surface area contributed by atoms with Gasteiger partial charge in [0.05, 0.1) is 37.6 Å². The highest BCUT2D eigenvalue weighted by Crippen LogP contribution is 2.32. The smallest absolute Gasteiger partial charge is 0.103 e. The number of aliphatic hydroxyl groups excluding tert-OH is 2. The van der Waals surface area contributed by atoms with Gasteiger partial charge in [0.15, 0.2) is 0 Å². The van der Waals surface area contributed by atoms with Gasteiger partial charge >= 0.3 is 0 Å². The summed E-state index contributed by atoms with van der Waals surface area (Å²) in [5.41, 5.74) is 2.20. The number of fused-ring (bicyclic) bond motifs is 1. The zero-order chi connectivity index (χ0) is 18.6. The Kier molecular flexibility index (Phi) is 5.86. The minimum absolute atomic E-state index is 0.140. The molecule has 4 rings (SSSR count). The lowest BCUT2D eigenvalue weighted by atomic mass is 9.94. The molecule has 0 bridgehead atoms. The summed E-state index contributed by atoms with van der Waals surface area (Å²) in [5, 5.41) is 20.7. The molecule has 0 amide bonds. The Labute approximate surface area is 160 Å². The maximum atomic E-state index is 10.6. The molecule has 2 aromatic rings. The molecule has 2 heterocycles. The fourth-order valence-electron chi connectivity index (χ4n) is 4.13. The van der Waals surface area contributed by atoms with Crippen molar-refractivity contribution in [2.75, 3.05) is 13.1 Å². The van der Waals surface area contributed by atoms with E-state index in [0.717, 1.165) is 17.7 Å². The van der Waals surface area contributed by atoms with Gasteiger partial charge in [-0.3, -0.25) is 4.90 Å². The van der Waals surface area contributed by atoms with E-state index >= 15 is 0 Å². The third-order valence-electron chi connectivity index (χ3n) is 5.59. The third kappa shape index (κ3) is 4.23. The maximum absolute atomic E-state index is 10.6. The van der Waals surface area contributed by atoms with Crippen molar-refractivity contribution in [1.29, 1.82) is 0 Å². The first-order valence-electron chi connectivity index (χ1n) is 9.63. The van der Waals surface area contributed by atoms with Crippen molar-refractivity contribution in [3.05, 3.63) is 71.8 Å². The Morgan fingerprint density at radius 2 is 1.44 bits per heavy atom. The molecule has 0 unspecified atom stereocenters. The molecule has 0 spiro atoms. The van der Waals surface area contributed by atoms with Crippen LogP contribution in [0.1, 0.15) is 17.5 Å². The van der Waals surface area contributed by atoms with E-state index in [1.54, 1.807) is 0 Å². The summed E-state index contributed by atoms with van der Waals surface area (Å²) in [6.45, 7) is 2.43. The van der Waals surface area contributed by atoms with Gasteiger partial charge in [-0.1, -0.05) is 60.7 Å². The van der Waals surface area contributed by atoms with Crippen LogP contribution in [-0.4, -0.2) is 58.7 Å². The molecule has 0 aromatic heterocycles. The van der Waals surface area contributed by atoms with E-state index in [2.05, 4.69) is 4.90 Å². The van der Waals surface area contributed by atoms with E-state index in [1.807, 2.05) is 60.7 Å². The number of aliphatic hydroxyl groups is 2. The van der Waals surface area contributed by atoms with E-state index in [4.69, 9.17) is 9.47 Å². The van der Waals surface area contributed by atoms with Crippen molar-refractivity contribution in [2.24, 2.45) is 0 Å². The standard InChI is InChI=1S/C22H27NO4/c24-18-11-12-23-13-19(26-14-16-7-3-1-4-8-16)22(20(23)21(18)25)27-15-17-9-5-2-6-10-17/h1-10,18-22,24-25H,11-15H2/t18-,19-,20+,21-,22+/m0/s1. The summed E-state index contributed by atoms with van der Waals surface area (Å²) < 4.78 is 12.4. The quantitative estimate of drug-likeness (QED) is 0.815. The van der Waals surface area contributed by atoms with Crippen molar-refractivity contribution in [3.63, 3.8) is 0 Å². The van der Waals surface area contributed by atoms with Gasteiger partial charge in [0.25, 0.3) is 0 Å². The fraction of sp³-hybridized carbons (Fsp3) is 0.455. The lowest BCUT2D eigenvalue weighted by molar-refractivity contribution is -0.119. The summed E-state index contributed by atoms with van der Waals surface area (Å²) in [6, 6.07) is 19.8. The van der Waals surface area contributed by atoms with E-state index in [9.17, 15) is 10.2 Å². The van der Waals surface area contributed by atoms with Gasteiger partial charge in [-0.15, -0.1) is 0 Å². The van der Waals surface area contributed by atoms with Gasteiger partial charge in [0.2, 0.25) is 0 Å². The van der Waals surface area contributed by atoms with Crippen molar-refractivity contribution in [2.45, 2.75) is 50.1 Å². The van der Waals surface area contributed by atoms with E-state index < -0.39 is 12.2 Å². The van der Waals surface area contributed by atoms with E-state index in [0.29, 0.717) is 26.2 Å². The van der Waals surface area contributed by atoms with Crippen LogP contribution in [0.3, 0.4) is 0 Å². The first-order chi connectivity index (χ1) is 13.2. The van der Waals surface area contributed by atoms with Crippen LogP contribution in [0.25, 0.3) is 0 Å². The summed E-state index contributed by atoms with van der Waals surface area (Å²) in [5.74, 6) is 0. The van der Waals surface area contributed by atoms with Crippen molar-refractivity contribution >= 4 is 0 Å². The number of hydrogen-bond acceptors (Lipinski definition) is 5. The molecular weight excluding hydrogens is 342 g/mol. The summed E-state index contributed by atoms with van der Waals surface area (Å²) >= 11 is 0. The van der Waals surface area contributed by atoms with Crippen molar-refractivity contribution in [3.8, 4) is 0 Å². The number of rotatable bonds is 6. The highest BCUT2D eigenvalue weighted by Gasteiger charge is 2.50. The molecule has 2 aliphatic heterocycles. The number of hydrogen-bond donors (Lipinski definition) is 2. The van der Waals surface area contributed by atoms with Crippen LogP contribution >= 0.6 is 0 Å². The zero-order valence-electron chi connectivity index (χ0n) is 15.4. The van der Waals surface area contributed by atoms with Gasteiger partial charge in [0.1, 0.15) is 6.10 Å². The van der Waals surface area contributed by atoms with E-state index in [-0.39, 0.29) is 18.2 Å². The largest absolute Gasteiger partial charge is 0.390 e. The van der Waals surface area contributed by atoms with Gasteiger partial charge < -0.3 is 19.7 Å². The second-order valence-corrected chi connectivity index (χ2v) is 7.43. The summed E-state index contributed by atoms with van der Waals surface area (Å²) in [6.07, 6.45) is -1.36. The van der Waals surface area contributed by atoms with Crippen LogP contribution in [0.2, 0.25) is 0 Å².